The van der Waals surface area contributed by atoms with Crippen LogP contribution in [0.2, 0.25) is 4.34 Å². The Bertz CT molecular complexity index is 340. The third kappa shape index (κ3) is 3.62. The summed E-state index contributed by atoms with van der Waals surface area (Å²) < 4.78 is 38.2. The van der Waals surface area contributed by atoms with Crippen LogP contribution in [0.15, 0.2) is 12.1 Å². The molecule has 1 heterocycles. The average molecular weight is 273 g/mol. The first-order valence-corrected chi connectivity index (χ1v) is 5.75. The van der Waals surface area contributed by atoms with Crippen molar-refractivity contribution in [3.8, 4) is 0 Å². The van der Waals surface area contributed by atoms with Crippen LogP contribution in [0.3, 0.4) is 0 Å². The molecule has 0 fully saturated rings. The minimum absolute atomic E-state index is 0.193. The monoisotopic (exact) mass is 272 g/mol. The van der Waals surface area contributed by atoms with E-state index in [1.807, 2.05) is 0 Å². The predicted octanol–water partition coefficient (Wildman–Crippen LogP) is 2.72. The first kappa shape index (κ1) is 13.8. The maximum absolute atomic E-state index is 12.5. The molecule has 1 aromatic rings. The van der Waals surface area contributed by atoms with Crippen LogP contribution in [0, 0.1) is 0 Å². The molecule has 2 nitrogen and oxygen atoms in total. The number of hydrogen-bond donors (Lipinski definition) is 1. The number of alkyl halides is 3. The molecule has 1 rings (SSSR count). The van der Waals surface area contributed by atoms with Crippen LogP contribution in [0.4, 0.5) is 13.2 Å². The number of likely N-dealkylation sites (N-methyl/N-ethyl adjacent to an activating group) is 1. The highest BCUT2D eigenvalue weighted by atomic mass is 35.5. The van der Waals surface area contributed by atoms with E-state index in [0.717, 1.165) is 4.88 Å². The van der Waals surface area contributed by atoms with Crippen LogP contribution in [-0.2, 0) is 6.54 Å². The highest BCUT2D eigenvalue weighted by Crippen LogP contribution is 2.27. The van der Waals surface area contributed by atoms with Gasteiger partial charge in [-0.05, 0) is 19.2 Å². The van der Waals surface area contributed by atoms with E-state index in [2.05, 4.69) is 0 Å². The third-order valence-corrected chi connectivity index (χ3v) is 3.38. The molecule has 7 heteroatoms. The second-order valence-electron chi connectivity index (χ2n) is 3.41. The van der Waals surface area contributed by atoms with Crippen LogP contribution >= 0.6 is 22.9 Å². The summed E-state index contributed by atoms with van der Waals surface area (Å²) in [7, 11) is 1.40. The molecular formula is C9H12ClF3N2S. The molecule has 2 N–H and O–H groups in total. The molecule has 0 saturated carbocycles. The topological polar surface area (TPSA) is 29.3 Å². The average Bonchev–Trinajstić information content (AvgIpc) is 2.49. The molecular weight excluding hydrogens is 261 g/mol. The lowest BCUT2D eigenvalue weighted by Gasteiger charge is -2.28. The van der Waals surface area contributed by atoms with Crippen molar-refractivity contribution in [2.75, 3.05) is 13.6 Å². The Morgan fingerprint density at radius 3 is 2.50 bits per heavy atom. The van der Waals surface area contributed by atoms with E-state index in [9.17, 15) is 13.2 Å². The zero-order valence-corrected chi connectivity index (χ0v) is 10.2. The Kier molecular flexibility index (Phi) is 4.61. The van der Waals surface area contributed by atoms with Crippen molar-refractivity contribution in [3.05, 3.63) is 21.3 Å². The Labute approximate surface area is 101 Å². The molecule has 0 spiro atoms. The maximum Gasteiger partial charge on any atom is 0.405 e. The van der Waals surface area contributed by atoms with Crippen molar-refractivity contribution < 1.29 is 13.2 Å². The van der Waals surface area contributed by atoms with Gasteiger partial charge < -0.3 is 5.73 Å². The predicted molar refractivity (Wildman–Crippen MR) is 59.7 cm³/mol. The quantitative estimate of drug-likeness (QED) is 0.913. The van der Waals surface area contributed by atoms with E-state index >= 15 is 0 Å². The normalized spacial score (nSPS) is 14.4. The standard InChI is InChI=1S/C9H12ClF3N2S/c1-15(7(4-14)9(11,12)13)5-6-2-3-8(10)16-6/h2-3,7H,4-5,14H2,1H3. The molecule has 0 aliphatic rings. The molecule has 1 aromatic heterocycles. The van der Waals surface area contributed by atoms with Gasteiger partial charge in [0.05, 0.1) is 4.34 Å². The van der Waals surface area contributed by atoms with Gasteiger partial charge in [0.1, 0.15) is 6.04 Å². The summed E-state index contributed by atoms with van der Waals surface area (Å²) in [5.74, 6) is 0. The van der Waals surface area contributed by atoms with Crippen LogP contribution in [0.5, 0.6) is 0 Å². The van der Waals surface area contributed by atoms with Gasteiger partial charge in [-0.1, -0.05) is 11.6 Å². The molecule has 1 atom stereocenters. The molecule has 0 radical (unpaired) electrons. The zero-order chi connectivity index (χ0) is 12.3. The number of nitrogens with zero attached hydrogens (tertiary/aromatic N) is 1. The molecule has 0 aliphatic carbocycles. The minimum atomic E-state index is -4.30. The molecule has 92 valence electrons. The summed E-state index contributed by atoms with van der Waals surface area (Å²) >= 11 is 6.97. The largest absolute Gasteiger partial charge is 0.405 e. The molecule has 0 saturated heterocycles. The number of thiophene rings is 1. The fraction of sp³-hybridized carbons (Fsp3) is 0.556. The summed E-state index contributed by atoms with van der Waals surface area (Å²) in [6.07, 6.45) is -4.30. The van der Waals surface area contributed by atoms with E-state index in [-0.39, 0.29) is 6.54 Å². The maximum atomic E-state index is 12.5. The van der Waals surface area contributed by atoms with Gasteiger partial charge in [0.2, 0.25) is 0 Å². The molecule has 0 bridgehead atoms. The smallest absolute Gasteiger partial charge is 0.329 e. The number of halogens is 4. The zero-order valence-electron chi connectivity index (χ0n) is 8.59. The van der Waals surface area contributed by atoms with E-state index in [4.69, 9.17) is 17.3 Å². The molecule has 16 heavy (non-hydrogen) atoms. The van der Waals surface area contributed by atoms with Gasteiger partial charge in [0.25, 0.3) is 0 Å². The van der Waals surface area contributed by atoms with E-state index in [1.54, 1.807) is 12.1 Å². The van der Waals surface area contributed by atoms with Gasteiger partial charge in [0.15, 0.2) is 0 Å². The van der Waals surface area contributed by atoms with Crippen molar-refractivity contribution in [2.24, 2.45) is 5.73 Å². The molecule has 0 aromatic carbocycles. The Morgan fingerprint density at radius 1 is 1.50 bits per heavy atom. The molecule has 0 aliphatic heterocycles. The van der Waals surface area contributed by atoms with E-state index in [1.165, 1.54) is 23.3 Å². The second-order valence-corrected chi connectivity index (χ2v) is 5.21. The van der Waals surface area contributed by atoms with Crippen molar-refractivity contribution in [1.82, 2.24) is 4.90 Å². The van der Waals surface area contributed by atoms with Crippen LogP contribution < -0.4 is 5.73 Å². The Morgan fingerprint density at radius 2 is 2.12 bits per heavy atom. The fourth-order valence-corrected chi connectivity index (χ4v) is 2.51. The van der Waals surface area contributed by atoms with Crippen LogP contribution in [0.1, 0.15) is 4.88 Å². The first-order chi connectivity index (χ1) is 7.34. The fourth-order valence-electron chi connectivity index (χ4n) is 1.36. The summed E-state index contributed by atoms with van der Waals surface area (Å²) in [6, 6.07) is 1.77. The highest BCUT2D eigenvalue weighted by molar-refractivity contribution is 7.16. The molecule has 1 unspecified atom stereocenters. The molecule has 0 amide bonds. The first-order valence-electron chi connectivity index (χ1n) is 4.56. The van der Waals surface area contributed by atoms with Crippen LogP contribution in [-0.4, -0.2) is 30.7 Å². The van der Waals surface area contributed by atoms with E-state index < -0.39 is 18.8 Å². The Balaban J connectivity index is 2.66. The summed E-state index contributed by atoms with van der Waals surface area (Å²) in [5.41, 5.74) is 5.13. The summed E-state index contributed by atoms with van der Waals surface area (Å²) in [4.78, 5) is 1.97. The second kappa shape index (κ2) is 5.35. The van der Waals surface area contributed by atoms with Gasteiger partial charge in [0, 0.05) is 18.0 Å². The highest BCUT2D eigenvalue weighted by Gasteiger charge is 2.41. The van der Waals surface area contributed by atoms with Gasteiger partial charge in [-0.2, -0.15) is 13.2 Å². The number of hydrogen-bond acceptors (Lipinski definition) is 3. The van der Waals surface area contributed by atoms with Gasteiger partial charge in [-0.25, -0.2) is 0 Å². The lowest BCUT2D eigenvalue weighted by molar-refractivity contribution is -0.178. The van der Waals surface area contributed by atoms with Crippen molar-refractivity contribution in [3.63, 3.8) is 0 Å². The van der Waals surface area contributed by atoms with Gasteiger partial charge in [-0.15, -0.1) is 11.3 Å². The number of rotatable bonds is 4. The third-order valence-electron chi connectivity index (χ3n) is 2.17. The lowest BCUT2D eigenvalue weighted by Crippen LogP contribution is -2.47. The SMILES string of the molecule is CN(Cc1ccc(Cl)s1)C(CN)C(F)(F)F. The van der Waals surface area contributed by atoms with Crippen molar-refractivity contribution in [2.45, 2.75) is 18.8 Å². The summed E-state index contributed by atoms with van der Waals surface area (Å²) in [6.45, 7) is -0.252. The minimum Gasteiger partial charge on any atom is -0.329 e. The van der Waals surface area contributed by atoms with Gasteiger partial charge >= 0.3 is 6.18 Å². The lowest BCUT2D eigenvalue weighted by atomic mass is 10.2. The summed E-state index contributed by atoms with van der Waals surface area (Å²) in [5, 5.41) is 0. The van der Waals surface area contributed by atoms with Gasteiger partial charge in [-0.3, -0.25) is 4.90 Å². The van der Waals surface area contributed by atoms with Crippen LogP contribution in [0.25, 0.3) is 0 Å². The van der Waals surface area contributed by atoms with Crippen molar-refractivity contribution >= 4 is 22.9 Å². The number of nitrogens with two attached hydrogens (primary N) is 1. The Hall–Kier alpha value is -0.300. The van der Waals surface area contributed by atoms with E-state index in [0.29, 0.717) is 4.34 Å². The van der Waals surface area contributed by atoms with Crippen molar-refractivity contribution in [1.29, 1.82) is 0 Å².